The van der Waals surface area contributed by atoms with E-state index in [1.807, 2.05) is 6.07 Å². The second-order valence-electron chi connectivity index (χ2n) is 17.4. The van der Waals surface area contributed by atoms with E-state index in [0.717, 1.165) is 50.9 Å². The zero-order valence-corrected chi connectivity index (χ0v) is 33.7. The zero-order chi connectivity index (χ0) is 39.2. The third-order valence-corrected chi connectivity index (χ3v) is 13.8. The second kappa shape index (κ2) is 13.2. The van der Waals surface area contributed by atoms with E-state index in [1.54, 1.807) is 22.3 Å². The normalized spacial score (nSPS) is 14.7. The lowest BCUT2D eigenvalue weighted by molar-refractivity contribution is 0.660. The van der Waals surface area contributed by atoms with Crippen molar-refractivity contribution in [3.8, 4) is 44.5 Å². The molecular formula is C57H45NO. The summed E-state index contributed by atoms with van der Waals surface area (Å²) in [7, 11) is 0. The van der Waals surface area contributed by atoms with Gasteiger partial charge in [-0.15, -0.1) is 0 Å². The maximum atomic E-state index is 6.39. The molecule has 3 aliphatic carbocycles. The van der Waals surface area contributed by atoms with Gasteiger partial charge in [-0.3, -0.25) is 0 Å². The Balaban J connectivity index is 1.10. The number of benzene rings is 8. The van der Waals surface area contributed by atoms with E-state index < -0.39 is 0 Å². The quantitative estimate of drug-likeness (QED) is 0.168. The minimum Gasteiger partial charge on any atom is -0.456 e. The third kappa shape index (κ3) is 5.39. The summed E-state index contributed by atoms with van der Waals surface area (Å²) >= 11 is 0. The van der Waals surface area contributed by atoms with Gasteiger partial charge in [-0.25, -0.2) is 0 Å². The second-order valence-corrected chi connectivity index (χ2v) is 17.4. The van der Waals surface area contributed by atoms with Crippen LogP contribution >= 0.6 is 0 Å². The highest BCUT2D eigenvalue weighted by molar-refractivity contribution is 6.06. The van der Waals surface area contributed by atoms with Crippen molar-refractivity contribution in [2.75, 3.05) is 4.90 Å². The fraction of sp³-hybridized carbons (Fsp3) is 0.158. The van der Waals surface area contributed by atoms with Gasteiger partial charge in [-0.05, 0) is 165 Å². The minimum atomic E-state index is -0.147. The molecule has 0 N–H and O–H groups in total. The molecule has 59 heavy (non-hydrogen) atoms. The SMILES string of the molecule is CC1(C)c2ccccc2-c2cc(-c3cc4c(c5c3CCC5)CCC4)c(N(c3ccc(-c4ccccc4)cc3)c3cccc(-c4ccc5c(c4)oc4ccccc45)c3)cc21. The first-order valence-corrected chi connectivity index (χ1v) is 21.4. The van der Waals surface area contributed by atoms with Crippen LogP contribution in [0.2, 0.25) is 0 Å². The Labute approximate surface area is 346 Å². The molecule has 2 nitrogen and oxygen atoms in total. The smallest absolute Gasteiger partial charge is 0.136 e. The number of hydrogen-bond donors (Lipinski definition) is 0. The summed E-state index contributed by atoms with van der Waals surface area (Å²) in [4.78, 5) is 2.54. The molecule has 0 fully saturated rings. The molecule has 0 radical (unpaired) electrons. The molecule has 1 heterocycles. The first-order chi connectivity index (χ1) is 29.0. The molecule has 0 saturated carbocycles. The lowest BCUT2D eigenvalue weighted by atomic mass is 9.81. The first kappa shape index (κ1) is 34.4. The van der Waals surface area contributed by atoms with Crippen LogP contribution < -0.4 is 4.90 Å². The van der Waals surface area contributed by atoms with E-state index >= 15 is 0 Å². The number of anilines is 3. The average molecular weight is 760 g/mol. The Morgan fingerprint density at radius 3 is 2.02 bits per heavy atom. The molecule has 2 heteroatoms. The van der Waals surface area contributed by atoms with Crippen molar-refractivity contribution >= 4 is 39.0 Å². The van der Waals surface area contributed by atoms with Gasteiger partial charge < -0.3 is 9.32 Å². The van der Waals surface area contributed by atoms with Crippen LogP contribution in [0.4, 0.5) is 17.1 Å². The topological polar surface area (TPSA) is 16.4 Å². The minimum absolute atomic E-state index is 0.147. The zero-order valence-electron chi connectivity index (χ0n) is 33.7. The van der Waals surface area contributed by atoms with E-state index in [1.165, 1.54) is 82.3 Å². The summed E-state index contributed by atoms with van der Waals surface area (Å²) in [5.74, 6) is 0. The molecule has 12 rings (SSSR count). The van der Waals surface area contributed by atoms with Gasteiger partial charge in [0.05, 0.1) is 5.69 Å². The number of hydrogen-bond acceptors (Lipinski definition) is 2. The van der Waals surface area contributed by atoms with Crippen LogP contribution in [-0.4, -0.2) is 0 Å². The lowest BCUT2D eigenvalue weighted by Crippen LogP contribution is -2.17. The van der Waals surface area contributed by atoms with Gasteiger partial charge in [0.15, 0.2) is 0 Å². The van der Waals surface area contributed by atoms with Gasteiger partial charge in [0.2, 0.25) is 0 Å². The van der Waals surface area contributed by atoms with Gasteiger partial charge in [-0.2, -0.15) is 0 Å². The fourth-order valence-electron chi connectivity index (χ4n) is 10.9. The predicted octanol–water partition coefficient (Wildman–Crippen LogP) is 15.3. The van der Waals surface area contributed by atoms with Crippen molar-refractivity contribution in [3.05, 3.63) is 197 Å². The van der Waals surface area contributed by atoms with Crippen molar-refractivity contribution in [1.82, 2.24) is 0 Å². The van der Waals surface area contributed by atoms with E-state index in [9.17, 15) is 0 Å². The highest BCUT2D eigenvalue weighted by Gasteiger charge is 2.38. The number of para-hydroxylation sites is 1. The molecule has 0 unspecified atom stereocenters. The molecule has 0 amide bonds. The van der Waals surface area contributed by atoms with Gasteiger partial charge >= 0.3 is 0 Å². The number of rotatable bonds is 6. The molecule has 0 spiro atoms. The van der Waals surface area contributed by atoms with Crippen LogP contribution in [0.1, 0.15) is 60.1 Å². The Kier molecular flexibility index (Phi) is 7.69. The number of furan rings is 1. The molecule has 3 aliphatic rings. The fourth-order valence-corrected chi connectivity index (χ4v) is 10.9. The Hall–Kier alpha value is -6.64. The summed E-state index contributed by atoms with van der Waals surface area (Å²) < 4.78 is 6.39. The molecule has 1 aromatic heterocycles. The molecule has 0 bridgehead atoms. The van der Waals surface area contributed by atoms with Gasteiger partial charge in [-0.1, -0.05) is 123 Å². The van der Waals surface area contributed by atoms with E-state index in [-0.39, 0.29) is 5.41 Å². The van der Waals surface area contributed by atoms with Gasteiger partial charge in [0.25, 0.3) is 0 Å². The lowest BCUT2D eigenvalue weighted by Gasteiger charge is -2.31. The summed E-state index contributed by atoms with van der Waals surface area (Å²) in [5.41, 5.74) is 24.6. The van der Waals surface area contributed by atoms with Crippen LogP contribution in [0, 0.1) is 0 Å². The van der Waals surface area contributed by atoms with Crippen molar-refractivity contribution in [1.29, 1.82) is 0 Å². The Morgan fingerprint density at radius 2 is 1.12 bits per heavy atom. The molecule has 0 atom stereocenters. The summed E-state index contributed by atoms with van der Waals surface area (Å²) in [5, 5.41) is 2.30. The highest BCUT2D eigenvalue weighted by Crippen LogP contribution is 2.55. The highest BCUT2D eigenvalue weighted by atomic mass is 16.3. The van der Waals surface area contributed by atoms with Gasteiger partial charge in [0.1, 0.15) is 11.2 Å². The van der Waals surface area contributed by atoms with E-state index in [2.05, 4.69) is 176 Å². The third-order valence-electron chi connectivity index (χ3n) is 13.8. The first-order valence-electron chi connectivity index (χ1n) is 21.4. The largest absolute Gasteiger partial charge is 0.456 e. The molecule has 0 aliphatic heterocycles. The molecule has 0 saturated heterocycles. The monoisotopic (exact) mass is 759 g/mol. The Morgan fingerprint density at radius 1 is 0.424 bits per heavy atom. The molecular weight excluding hydrogens is 715 g/mol. The van der Waals surface area contributed by atoms with Crippen LogP contribution in [0.15, 0.2) is 168 Å². The van der Waals surface area contributed by atoms with Crippen LogP contribution in [0.3, 0.4) is 0 Å². The Bertz CT molecular complexity index is 3130. The van der Waals surface area contributed by atoms with Crippen LogP contribution in [0.5, 0.6) is 0 Å². The van der Waals surface area contributed by atoms with Crippen LogP contribution in [0.25, 0.3) is 66.4 Å². The van der Waals surface area contributed by atoms with Crippen molar-refractivity contribution < 1.29 is 4.42 Å². The summed E-state index contributed by atoms with van der Waals surface area (Å²) in [6, 6.07) is 60.9. The molecule has 284 valence electrons. The number of nitrogens with zero attached hydrogens (tertiary/aromatic N) is 1. The number of aryl methyl sites for hydroxylation is 1. The van der Waals surface area contributed by atoms with Crippen LogP contribution in [-0.2, 0) is 31.1 Å². The summed E-state index contributed by atoms with van der Waals surface area (Å²) in [6.07, 6.45) is 7.23. The predicted molar refractivity (Wildman–Crippen MR) is 246 cm³/mol. The van der Waals surface area contributed by atoms with Crippen molar-refractivity contribution in [3.63, 3.8) is 0 Å². The van der Waals surface area contributed by atoms with E-state index in [4.69, 9.17) is 4.42 Å². The van der Waals surface area contributed by atoms with Crippen molar-refractivity contribution in [2.24, 2.45) is 0 Å². The molecule has 9 aromatic rings. The maximum absolute atomic E-state index is 6.39. The van der Waals surface area contributed by atoms with Gasteiger partial charge in [0, 0.05) is 33.1 Å². The standard InChI is InChI=1S/C57H45NO/c1-57(2)52-23-8-6-18-46(52)50-34-51(49-32-40-16-11-20-43(40)44-21-12-22-45(44)49)54(35-53(50)57)58(41-28-25-37(26-29-41)36-13-4-3-5-14-36)42-17-10-15-38(31-42)39-27-30-48-47-19-7-9-24-55(47)59-56(48)33-39/h3-10,13-15,17-19,23-35H,11-12,16,20-22H2,1-2H3. The van der Waals surface area contributed by atoms with Crippen molar-refractivity contribution in [2.45, 2.75) is 57.8 Å². The maximum Gasteiger partial charge on any atom is 0.136 e. The molecule has 8 aromatic carbocycles. The summed E-state index contributed by atoms with van der Waals surface area (Å²) in [6.45, 7) is 4.81. The van der Waals surface area contributed by atoms with E-state index in [0.29, 0.717) is 0 Å². The number of fused-ring (bicyclic) bond motifs is 9. The average Bonchev–Trinajstić information content (AvgIpc) is 4.08.